The summed E-state index contributed by atoms with van der Waals surface area (Å²) in [7, 11) is 1.87. The van der Waals surface area contributed by atoms with Gasteiger partial charge in [-0.05, 0) is 18.6 Å². The number of nitrogens with one attached hydrogen (secondary N) is 2. The number of aryl methyl sites for hydroxylation is 1. The van der Waals surface area contributed by atoms with Crippen molar-refractivity contribution in [2.45, 2.75) is 45.4 Å². The minimum Gasteiger partial charge on any atom is -0.373 e. The quantitative estimate of drug-likeness (QED) is 0.735. The summed E-state index contributed by atoms with van der Waals surface area (Å²) < 4.78 is 0. The van der Waals surface area contributed by atoms with Gasteiger partial charge in [0.2, 0.25) is 0 Å². The Balaban J connectivity index is 1.93. The maximum atomic E-state index is 4.53. The van der Waals surface area contributed by atoms with E-state index >= 15 is 0 Å². The highest BCUT2D eigenvalue weighted by molar-refractivity contribution is 5.72. The predicted molar refractivity (Wildman–Crippen MR) is 75.9 cm³/mol. The number of imidazole rings is 1. The number of anilines is 1. The Bertz CT molecular complexity index is 489. The number of aromatic nitrogens is 3. The van der Waals surface area contributed by atoms with Crippen molar-refractivity contribution in [3.05, 3.63) is 18.0 Å². The lowest BCUT2D eigenvalue weighted by Gasteiger charge is -1.97. The molecule has 4 heteroatoms. The van der Waals surface area contributed by atoms with Gasteiger partial charge in [0.15, 0.2) is 5.65 Å². The number of aromatic amines is 1. The van der Waals surface area contributed by atoms with Crippen molar-refractivity contribution in [2.75, 3.05) is 12.4 Å². The van der Waals surface area contributed by atoms with E-state index in [2.05, 4.69) is 27.2 Å². The fraction of sp³-hybridized carbons (Fsp3) is 0.571. The second-order valence-electron chi connectivity index (χ2n) is 4.67. The molecule has 4 nitrogen and oxygen atoms in total. The van der Waals surface area contributed by atoms with Gasteiger partial charge in [-0.1, -0.05) is 32.6 Å². The number of pyridine rings is 1. The number of H-pyrrole nitrogens is 1. The van der Waals surface area contributed by atoms with Crippen molar-refractivity contribution in [3.8, 4) is 0 Å². The van der Waals surface area contributed by atoms with Crippen molar-refractivity contribution in [2.24, 2.45) is 0 Å². The molecule has 0 saturated carbocycles. The van der Waals surface area contributed by atoms with Gasteiger partial charge in [-0.25, -0.2) is 9.97 Å². The molecule has 98 valence electrons. The van der Waals surface area contributed by atoms with E-state index < -0.39 is 0 Å². The van der Waals surface area contributed by atoms with Crippen LogP contribution in [0.15, 0.2) is 12.1 Å². The zero-order valence-electron chi connectivity index (χ0n) is 11.3. The summed E-state index contributed by atoms with van der Waals surface area (Å²) in [4.78, 5) is 12.3. The summed E-state index contributed by atoms with van der Waals surface area (Å²) in [6.45, 7) is 2.24. The van der Waals surface area contributed by atoms with Gasteiger partial charge in [-0.15, -0.1) is 0 Å². The lowest BCUT2D eigenvalue weighted by atomic mass is 10.1. The lowest BCUT2D eigenvalue weighted by molar-refractivity contribution is 0.625. The number of nitrogens with zero attached hydrogens (tertiary/aromatic N) is 2. The summed E-state index contributed by atoms with van der Waals surface area (Å²) in [5.41, 5.74) is 1.84. The third kappa shape index (κ3) is 3.22. The van der Waals surface area contributed by atoms with Crippen LogP contribution in [0.5, 0.6) is 0 Å². The van der Waals surface area contributed by atoms with Crippen LogP contribution in [0.3, 0.4) is 0 Å². The number of rotatable bonds is 7. The Morgan fingerprint density at radius 3 is 2.72 bits per heavy atom. The van der Waals surface area contributed by atoms with E-state index in [0.29, 0.717) is 0 Å². The summed E-state index contributed by atoms with van der Waals surface area (Å²) >= 11 is 0. The molecular formula is C14H22N4. The molecule has 0 aliphatic rings. The molecule has 0 aromatic carbocycles. The fourth-order valence-electron chi connectivity index (χ4n) is 2.10. The highest BCUT2D eigenvalue weighted by Crippen LogP contribution is 2.14. The van der Waals surface area contributed by atoms with E-state index in [1.54, 1.807) is 0 Å². The van der Waals surface area contributed by atoms with Gasteiger partial charge < -0.3 is 10.3 Å². The molecule has 2 N–H and O–H groups in total. The van der Waals surface area contributed by atoms with Crippen LogP contribution in [0.4, 0.5) is 5.82 Å². The Hall–Kier alpha value is -1.58. The Morgan fingerprint density at radius 1 is 1.11 bits per heavy atom. The highest BCUT2D eigenvalue weighted by Gasteiger charge is 2.04. The standard InChI is InChI=1S/C14H22N4/c1-3-4-5-6-7-8-13-16-11-9-10-12(15-2)17-14(11)18-13/h9-10H,3-8H2,1-2H3,(H2,15,16,17,18). The normalized spacial score (nSPS) is 11.0. The third-order valence-corrected chi connectivity index (χ3v) is 3.17. The average Bonchev–Trinajstić information content (AvgIpc) is 2.80. The van der Waals surface area contributed by atoms with Gasteiger partial charge in [0, 0.05) is 13.5 Å². The van der Waals surface area contributed by atoms with Crippen LogP contribution >= 0.6 is 0 Å². The summed E-state index contributed by atoms with van der Waals surface area (Å²) in [5.74, 6) is 1.92. The van der Waals surface area contributed by atoms with Crippen molar-refractivity contribution < 1.29 is 0 Å². The second-order valence-corrected chi connectivity index (χ2v) is 4.67. The summed E-state index contributed by atoms with van der Waals surface area (Å²) in [6, 6.07) is 3.99. The molecule has 18 heavy (non-hydrogen) atoms. The maximum absolute atomic E-state index is 4.53. The largest absolute Gasteiger partial charge is 0.373 e. The molecule has 0 amide bonds. The van der Waals surface area contributed by atoms with E-state index in [1.165, 1.54) is 32.1 Å². The second kappa shape index (κ2) is 6.38. The molecule has 2 aromatic heterocycles. The zero-order chi connectivity index (χ0) is 12.8. The monoisotopic (exact) mass is 246 g/mol. The van der Waals surface area contributed by atoms with Crippen LogP contribution < -0.4 is 5.32 Å². The van der Waals surface area contributed by atoms with E-state index in [9.17, 15) is 0 Å². The first-order valence-corrected chi connectivity index (χ1v) is 6.87. The minimum absolute atomic E-state index is 0.811. The van der Waals surface area contributed by atoms with Crippen LogP contribution in [-0.4, -0.2) is 22.0 Å². The molecule has 0 radical (unpaired) electrons. The zero-order valence-corrected chi connectivity index (χ0v) is 11.3. The number of unbranched alkanes of at least 4 members (excludes halogenated alkanes) is 4. The topological polar surface area (TPSA) is 53.6 Å². The van der Waals surface area contributed by atoms with Crippen LogP contribution in [0.25, 0.3) is 11.2 Å². The molecular weight excluding hydrogens is 224 g/mol. The van der Waals surface area contributed by atoms with Gasteiger partial charge in [-0.2, -0.15) is 0 Å². The summed E-state index contributed by atoms with van der Waals surface area (Å²) in [5, 5.41) is 3.03. The molecule has 0 spiro atoms. The van der Waals surface area contributed by atoms with Gasteiger partial charge in [0.25, 0.3) is 0 Å². The molecule has 0 aliphatic heterocycles. The van der Waals surface area contributed by atoms with Gasteiger partial charge in [0.1, 0.15) is 11.6 Å². The molecule has 0 saturated heterocycles. The first-order valence-electron chi connectivity index (χ1n) is 6.87. The molecule has 0 aliphatic carbocycles. The smallest absolute Gasteiger partial charge is 0.179 e. The molecule has 0 atom stereocenters. The van der Waals surface area contributed by atoms with Crippen LogP contribution in [-0.2, 0) is 6.42 Å². The van der Waals surface area contributed by atoms with Crippen molar-refractivity contribution in [3.63, 3.8) is 0 Å². The highest BCUT2D eigenvalue weighted by atomic mass is 15.0. The molecule has 0 bridgehead atoms. The lowest BCUT2D eigenvalue weighted by Crippen LogP contribution is -1.91. The summed E-state index contributed by atoms with van der Waals surface area (Å²) in [6.07, 6.45) is 7.49. The van der Waals surface area contributed by atoms with Crippen molar-refractivity contribution >= 4 is 17.0 Å². The number of hydrogen-bond donors (Lipinski definition) is 2. The van der Waals surface area contributed by atoms with Gasteiger partial charge in [-0.3, -0.25) is 0 Å². The maximum Gasteiger partial charge on any atom is 0.179 e. The third-order valence-electron chi connectivity index (χ3n) is 3.17. The molecule has 2 aromatic rings. The number of hydrogen-bond acceptors (Lipinski definition) is 3. The average molecular weight is 246 g/mol. The van der Waals surface area contributed by atoms with Gasteiger partial charge in [0.05, 0.1) is 5.52 Å². The Kier molecular flexibility index (Phi) is 4.56. The minimum atomic E-state index is 0.811. The SMILES string of the molecule is CCCCCCCc1nc2nc(NC)ccc2[nH]1. The number of fused-ring (bicyclic) bond motifs is 1. The van der Waals surface area contributed by atoms with Crippen LogP contribution in [0.1, 0.15) is 44.9 Å². The Morgan fingerprint density at radius 2 is 1.94 bits per heavy atom. The first-order chi connectivity index (χ1) is 8.83. The van der Waals surface area contributed by atoms with E-state index in [-0.39, 0.29) is 0 Å². The van der Waals surface area contributed by atoms with E-state index in [1.807, 2.05) is 19.2 Å². The van der Waals surface area contributed by atoms with Crippen molar-refractivity contribution in [1.82, 2.24) is 15.0 Å². The van der Waals surface area contributed by atoms with Crippen molar-refractivity contribution in [1.29, 1.82) is 0 Å². The fourth-order valence-corrected chi connectivity index (χ4v) is 2.10. The molecule has 0 unspecified atom stereocenters. The van der Waals surface area contributed by atoms with E-state index in [0.717, 1.165) is 29.2 Å². The van der Waals surface area contributed by atoms with E-state index in [4.69, 9.17) is 0 Å². The molecule has 2 rings (SSSR count). The first kappa shape index (κ1) is 12.9. The Labute approximate surface area is 108 Å². The molecule has 2 heterocycles. The molecule has 0 fully saturated rings. The van der Waals surface area contributed by atoms with Gasteiger partial charge >= 0.3 is 0 Å². The van der Waals surface area contributed by atoms with Crippen LogP contribution in [0.2, 0.25) is 0 Å². The van der Waals surface area contributed by atoms with Crippen LogP contribution in [0, 0.1) is 0 Å². The predicted octanol–water partition coefficient (Wildman–Crippen LogP) is 3.51.